The smallest absolute Gasteiger partial charge is 0.254 e. The third-order valence-corrected chi connectivity index (χ3v) is 2.73. The van der Waals surface area contributed by atoms with Gasteiger partial charge in [-0.25, -0.2) is 0 Å². The van der Waals surface area contributed by atoms with Gasteiger partial charge in [-0.3, -0.25) is 14.8 Å². The lowest BCUT2D eigenvalue weighted by atomic mass is 10.2. The number of carbonyl (C=O) groups excluding carboxylic acids is 1. The fraction of sp³-hybridized carbons (Fsp3) is 0.214. The van der Waals surface area contributed by atoms with Crippen molar-refractivity contribution in [1.29, 1.82) is 0 Å². The molecule has 0 unspecified atom stereocenters. The second kappa shape index (κ2) is 6.49. The number of anilines is 1. The zero-order valence-corrected chi connectivity index (χ0v) is 10.8. The van der Waals surface area contributed by atoms with Crippen molar-refractivity contribution in [2.75, 3.05) is 18.9 Å². The predicted molar refractivity (Wildman–Crippen MR) is 74.1 cm³/mol. The summed E-state index contributed by atoms with van der Waals surface area (Å²) in [6.45, 7) is 0.549. The van der Waals surface area contributed by atoms with E-state index in [1.165, 1.54) is 0 Å². The average molecular weight is 256 g/mol. The van der Waals surface area contributed by atoms with Gasteiger partial charge in [0.25, 0.3) is 5.91 Å². The molecular formula is C14H16N4O. The highest BCUT2D eigenvalue weighted by molar-refractivity contribution is 5.99. The zero-order chi connectivity index (χ0) is 13.5. The van der Waals surface area contributed by atoms with Crippen LogP contribution in [0.3, 0.4) is 0 Å². The maximum atomic E-state index is 12.0. The Morgan fingerprint density at radius 3 is 2.89 bits per heavy atom. The Hall–Kier alpha value is -2.43. The van der Waals surface area contributed by atoms with Crippen molar-refractivity contribution in [3.63, 3.8) is 0 Å². The van der Waals surface area contributed by atoms with E-state index in [1.807, 2.05) is 18.2 Å². The van der Waals surface area contributed by atoms with Crippen LogP contribution in [0.25, 0.3) is 0 Å². The van der Waals surface area contributed by atoms with E-state index >= 15 is 0 Å². The SMILES string of the molecule is CNc1ccncc1C(=O)NCCc1ccccn1. The molecule has 0 aliphatic rings. The summed E-state index contributed by atoms with van der Waals surface area (Å²) in [4.78, 5) is 20.2. The van der Waals surface area contributed by atoms with E-state index in [2.05, 4.69) is 20.6 Å². The molecule has 0 fully saturated rings. The Balaban J connectivity index is 1.91. The van der Waals surface area contributed by atoms with Crippen molar-refractivity contribution in [2.24, 2.45) is 0 Å². The lowest BCUT2D eigenvalue weighted by Gasteiger charge is -2.08. The van der Waals surface area contributed by atoms with Gasteiger partial charge in [-0.05, 0) is 18.2 Å². The van der Waals surface area contributed by atoms with Crippen LogP contribution in [0, 0.1) is 0 Å². The molecule has 19 heavy (non-hydrogen) atoms. The van der Waals surface area contributed by atoms with E-state index in [4.69, 9.17) is 0 Å². The van der Waals surface area contributed by atoms with Crippen molar-refractivity contribution >= 4 is 11.6 Å². The minimum atomic E-state index is -0.131. The molecule has 2 N–H and O–H groups in total. The summed E-state index contributed by atoms with van der Waals surface area (Å²) in [5.74, 6) is -0.131. The summed E-state index contributed by atoms with van der Waals surface area (Å²) in [6.07, 6.45) is 5.66. The standard InChI is InChI=1S/C14H16N4O/c1-15-13-6-8-16-10-12(13)14(19)18-9-5-11-4-2-3-7-17-11/h2-4,6-8,10H,5,9H2,1H3,(H,15,16)(H,18,19). The molecule has 0 atom stereocenters. The van der Waals surface area contributed by atoms with Gasteiger partial charge in [-0.1, -0.05) is 6.07 Å². The number of aromatic nitrogens is 2. The largest absolute Gasteiger partial charge is 0.387 e. The van der Waals surface area contributed by atoms with Crippen LogP contribution >= 0.6 is 0 Å². The molecule has 2 rings (SSSR count). The summed E-state index contributed by atoms with van der Waals surface area (Å²) in [5.41, 5.74) is 2.28. The summed E-state index contributed by atoms with van der Waals surface area (Å²) in [5, 5.41) is 5.83. The number of nitrogens with one attached hydrogen (secondary N) is 2. The molecule has 2 aromatic rings. The molecule has 0 bridgehead atoms. The molecule has 2 heterocycles. The van der Waals surface area contributed by atoms with Crippen molar-refractivity contribution in [3.8, 4) is 0 Å². The first-order chi connectivity index (χ1) is 9.31. The van der Waals surface area contributed by atoms with Crippen molar-refractivity contribution < 1.29 is 4.79 Å². The molecule has 1 amide bonds. The fourth-order valence-corrected chi connectivity index (χ4v) is 1.74. The zero-order valence-electron chi connectivity index (χ0n) is 10.8. The van der Waals surface area contributed by atoms with Gasteiger partial charge in [0.05, 0.1) is 5.56 Å². The number of amides is 1. The first-order valence-corrected chi connectivity index (χ1v) is 6.11. The molecule has 0 saturated heterocycles. The quantitative estimate of drug-likeness (QED) is 0.850. The van der Waals surface area contributed by atoms with Crippen molar-refractivity contribution in [2.45, 2.75) is 6.42 Å². The van der Waals surface area contributed by atoms with Gasteiger partial charge < -0.3 is 10.6 Å². The number of pyridine rings is 2. The summed E-state index contributed by atoms with van der Waals surface area (Å²) in [6, 6.07) is 7.52. The number of nitrogens with zero attached hydrogens (tertiary/aromatic N) is 2. The van der Waals surface area contributed by atoms with E-state index < -0.39 is 0 Å². The lowest BCUT2D eigenvalue weighted by molar-refractivity contribution is 0.0954. The van der Waals surface area contributed by atoms with E-state index in [0.29, 0.717) is 18.5 Å². The van der Waals surface area contributed by atoms with Gasteiger partial charge in [0.1, 0.15) is 0 Å². The molecular weight excluding hydrogens is 240 g/mol. The van der Waals surface area contributed by atoms with Gasteiger partial charge in [-0.15, -0.1) is 0 Å². The van der Waals surface area contributed by atoms with Gasteiger partial charge in [0.2, 0.25) is 0 Å². The Labute approximate surface area is 112 Å². The summed E-state index contributed by atoms with van der Waals surface area (Å²) in [7, 11) is 1.78. The third kappa shape index (κ3) is 3.51. The molecule has 98 valence electrons. The van der Waals surface area contributed by atoms with E-state index in [9.17, 15) is 4.79 Å². The number of carbonyl (C=O) groups is 1. The Morgan fingerprint density at radius 1 is 1.26 bits per heavy atom. The second-order valence-electron chi connectivity index (χ2n) is 4.00. The first-order valence-electron chi connectivity index (χ1n) is 6.11. The third-order valence-electron chi connectivity index (χ3n) is 2.73. The minimum absolute atomic E-state index is 0.131. The maximum Gasteiger partial charge on any atom is 0.254 e. The topological polar surface area (TPSA) is 66.9 Å². The van der Waals surface area contributed by atoms with Crippen LogP contribution in [0.5, 0.6) is 0 Å². The van der Waals surface area contributed by atoms with Gasteiger partial charge in [0, 0.05) is 50.0 Å². The van der Waals surface area contributed by atoms with Gasteiger partial charge in [0.15, 0.2) is 0 Å². The Kier molecular flexibility index (Phi) is 4.44. The molecule has 5 heteroatoms. The summed E-state index contributed by atoms with van der Waals surface area (Å²) >= 11 is 0. The monoisotopic (exact) mass is 256 g/mol. The first kappa shape index (κ1) is 13.0. The molecule has 0 aromatic carbocycles. The van der Waals surface area contributed by atoms with Crippen LogP contribution in [-0.2, 0) is 6.42 Å². The normalized spacial score (nSPS) is 9.95. The Bertz CT molecular complexity index is 542. The van der Waals surface area contributed by atoms with E-state index in [-0.39, 0.29) is 5.91 Å². The van der Waals surface area contributed by atoms with Crippen LogP contribution in [0.2, 0.25) is 0 Å². The van der Waals surface area contributed by atoms with Crippen molar-refractivity contribution in [3.05, 3.63) is 54.1 Å². The Morgan fingerprint density at radius 2 is 2.16 bits per heavy atom. The molecule has 0 radical (unpaired) electrons. The second-order valence-corrected chi connectivity index (χ2v) is 4.00. The molecule has 0 saturated carbocycles. The lowest BCUT2D eigenvalue weighted by Crippen LogP contribution is -2.26. The summed E-state index contributed by atoms with van der Waals surface area (Å²) < 4.78 is 0. The van der Waals surface area contributed by atoms with E-state index in [1.54, 1.807) is 31.7 Å². The fourth-order valence-electron chi connectivity index (χ4n) is 1.74. The van der Waals surface area contributed by atoms with Gasteiger partial charge >= 0.3 is 0 Å². The van der Waals surface area contributed by atoms with Crippen molar-refractivity contribution in [1.82, 2.24) is 15.3 Å². The van der Waals surface area contributed by atoms with Crippen LogP contribution in [0.4, 0.5) is 5.69 Å². The predicted octanol–water partition coefficient (Wildman–Crippen LogP) is 1.49. The maximum absolute atomic E-state index is 12.0. The number of rotatable bonds is 5. The molecule has 0 aliphatic heterocycles. The molecule has 5 nitrogen and oxygen atoms in total. The molecule has 0 spiro atoms. The number of hydrogen-bond acceptors (Lipinski definition) is 4. The van der Waals surface area contributed by atoms with E-state index in [0.717, 1.165) is 11.4 Å². The number of hydrogen-bond donors (Lipinski definition) is 2. The molecule has 0 aliphatic carbocycles. The van der Waals surface area contributed by atoms with Crippen LogP contribution < -0.4 is 10.6 Å². The molecule has 2 aromatic heterocycles. The highest BCUT2D eigenvalue weighted by atomic mass is 16.1. The van der Waals surface area contributed by atoms with Crippen LogP contribution in [0.1, 0.15) is 16.1 Å². The minimum Gasteiger partial charge on any atom is -0.387 e. The average Bonchev–Trinajstić information content (AvgIpc) is 2.48. The van der Waals surface area contributed by atoms with Crippen LogP contribution in [0.15, 0.2) is 42.9 Å². The highest BCUT2D eigenvalue weighted by Gasteiger charge is 2.09. The van der Waals surface area contributed by atoms with Crippen LogP contribution in [-0.4, -0.2) is 29.5 Å². The van der Waals surface area contributed by atoms with Gasteiger partial charge in [-0.2, -0.15) is 0 Å². The highest BCUT2D eigenvalue weighted by Crippen LogP contribution is 2.11.